The lowest BCUT2D eigenvalue weighted by Crippen LogP contribution is -2.37. The third-order valence-electron chi connectivity index (χ3n) is 2.84. The summed E-state index contributed by atoms with van der Waals surface area (Å²) in [6, 6.07) is 3.65. The number of pyridine rings is 1. The van der Waals surface area contributed by atoms with Gasteiger partial charge in [0, 0.05) is 31.6 Å². The summed E-state index contributed by atoms with van der Waals surface area (Å²) >= 11 is 0. The van der Waals surface area contributed by atoms with E-state index in [1.807, 2.05) is 6.07 Å². The molecule has 1 rings (SSSR count). The van der Waals surface area contributed by atoms with E-state index in [9.17, 15) is 9.59 Å². The maximum Gasteiger partial charge on any atom is 0.228 e. The molecule has 0 fully saturated rings. The van der Waals surface area contributed by atoms with E-state index in [0.29, 0.717) is 31.7 Å². The number of carbonyl (C=O) groups excluding carboxylic acids is 2. The van der Waals surface area contributed by atoms with Gasteiger partial charge in [0.25, 0.3) is 0 Å². The van der Waals surface area contributed by atoms with Crippen LogP contribution in [0.3, 0.4) is 0 Å². The third-order valence-corrected chi connectivity index (χ3v) is 2.84. The number of ether oxygens (including phenoxy) is 1. The second-order valence-corrected chi connectivity index (χ2v) is 4.11. The van der Waals surface area contributed by atoms with Crippen LogP contribution in [-0.2, 0) is 16.0 Å². The largest absolute Gasteiger partial charge is 0.481 e. The Balaban J connectivity index is 2.64. The molecule has 0 aliphatic carbocycles. The SMILES string of the molecule is CCC(=O)N(CCc1ccc(OC)nc1)C(=O)CC. The van der Waals surface area contributed by atoms with Crippen LogP contribution < -0.4 is 4.74 Å². The van der Waals surface area contributed by atoms with Crippen molar-refractivity contribution < 1.29 is 14.3 Å². The first-order valence-electron chi connectivity index (χ1n) is 6.44. The fourth-order valence-electron chi connectivity index (χ4n) is 1.69. The van der Waals surface area contributed by atoms with Crippen molar-refractivity contribution in [3.05, 3.63) is 23.9 Å². The molecule has 1 aromatic rings. The first-order chi connectivity index (χ1) is 9.12. The summed E-state index contributed by atoms with van der Waals surface area (Å²) in [5.41, 5.74) is 0.971. The van der Waals surface area contributed by atoms with Crippen LogP contribution >= 0.6 is 0 Å². The highest BCUT2D eigenvalue weighted by Gasteiger charge is 2.17. The fraction of sp³-hybridized carbons (Fsp3) is 0.500. The molecule has 1 heterocycles. The number of carbonyl (C=O) groups is 2. The molecule has 0 saturated carbocycles. The molecular weight excluding hydrogens is 244 g/mol. The van der Waals surface area contributed by atoms with Gasteiger partial charge >= 0.3 is 0 Å². The van der Waals surface area contributed by atoms with Crippen molar-refractivity contribution in [2.24, 2.45) is 0 Å². The Labute approximate surface area is 113 Å². The van der Waals surface area contributed by atoms with Gasteiger partial charge in [-0.25, -0.2) is 4.98 Å². The summed E-state index contributed by atoms with van der Waals surface area (Å²) < 4.78 is 4.98. The summed E-state index contributed by atoms with van der Waals surface area (Å²) in [7, 11) is 1.56. The summed E-state index contributed by atoms with van der Waals surface area (Å²) in [4.78, 5) is 28.8. The second kappa shape index (κ2) is 7.51. The van der Waals surface area contributed by atoms with Crippen molar-refractivity contribution in [2.45, 2.75) is 33.1 Å². The number of rotatable bonds is 6. The van der Waals surface area contributed by atoms with E-state index in [1.54, 1.807) is 33.2 Å². The molecule has 2 amide bonds. The molecule has 19 heavy (non-hydrogen) atoms. The average molecular weight is 264 g/mol. The first kappa shape index (κ1) is 15.1. The van der Waals surface area contributed by atoms with Gasteiger partial charge in [-0.05, 0) is 12.0 Å². The van der Waals surface area contributed by atoms with Gasteiger partial charge in [0.1, 0.15) is 0 Å². The normalized spacial score (nSPS) is 10.1. The predicted molar refractivity (Wildman–Crippen MR) is 71.8 cm³/mol. The molecule has 0 N–H and O–H groups in total. The first-order valence-corrected chi connectivity index (χ1v) is 6.44. The quantitative estimate of drug-likeness (QED) is 0.786. The molecule has 0 unspecified atom stereocenters. The van der Waals surface area contributed by atoms with Crippen LogP contribution in [0, 0.1) is 0 Å². The summed E-state index contributed by atoms with van der Waals surface area (Å²) in [5.74, 6) is 0.288. The van der Waals surface area contributed by atoms with Crippen molar-refractivity contribution in [1.29, 1.82) is 0 Å². The zero-order valence-corrected chi connectivity index (χ0v) is 11.7. The van der Waals surface area contributed by atoms with Crippen LogP contribution in [-0.4, -0.2) is 35.4 Å². The van der Waals surface area contributed by atoms with E-state index in [-0.39, 0.29) is 11.8 Å². The van der Waals surface area contributed by atoms with E-state index in [0.717, 1.165) is 5.56 Å². The lowest BCUT2D eigenvalue weighted by Gasteiger charge is -2.19. The minimum atomic E-state index is -0.131. The van der Waals surface area contributed by atoms with Crippen LogP contribution in [0.4, 0.5) is 0 Å². The zero-order valence-electron chi connectivity index (χ0n) is 11.7. The van der Waals surface area contributed by atoms with Gasteiger partial charge in [-0.2, -0.15) is 0 Å². The van der Waals surface area contributed by atoms with E-state index in [1.165, 1.54) is 4.90 Å². The summed E-state index contributed by atoms with van der Waals surface area (Å²) in [6.45, 7) is 3.91. The van der Waals surface area contributed by atoms with Gasteiger partial charge in [0.05, 0.1) is 7.11 Å². The molecule has 5 nitrogen and oxygen atoms in total. The van der Waals surface area contributed by atoms with Gasteiger partial charge in [0.15, 0.2) is 0 Å². The Morgan fingerprint density at radius 3 is 2.26 bits per heavy atom. The fourth-order valence-corrected chi connectivity index (χ4v) is 1.69. The maximum absolute atomic E-state index is 11.7. The topological polar surface area (TPSA) is 59.5 Å². The Kier molecular flexibility index (Phi) is 5.99. The standard InChI is InChI=1S/C14H20N2O3/c1-4-13(17)16(14(18)5-2)9-8-11-6-7-12(19-3)15-10-11/h6-7,10H,4-5,8-9H2,1-3H3. The summed E-state index contributed by atoms with van der Waals surface area (Å²) in [6.07, 6.45) is 2.98. The maximum atomic E-state index is 11.7. The molecule has 0 spiro atoms. The Hall–Kier alpha value is -1.91. The monoisotopic (exact) mass is 264 g/mol. The van der Waals surface area contributed by atoms with Crippen molar-refractivity contribution in [3.63, 3.8) is 0 Å². The Bertz CT molecular complexity index is 413. The minimum absolute atomic E-state index is 0.131. The third kappa shape index (κ3) is 4.35. The Morgan fingerprint density at radius 2 is 1.84 bits per heavy atom. The highest BCUT2D eigenvalue weighted by molar-refractivity contribution is 5.95. The highest BCUT2D eigenvalue weighted by atomic mass is 16.5. The van der Waals surface area contributed by atoms with E-state index >= 15 is 0 Å². The predicted octanol–water partition coefficient (Wildman–Crippen LogP) is 1.81. The number of imide groups is 1. The van der Waals surface area contributed by atoms with Crippen LogP contribution in [0.5, 0.6) is 5.88 Å². The molecule has 0 aliphatic heterocycles. The Morgan fingerprint density at radius 1 is 1.21 bits per heavy atom. The van der Waals surface area contributed by atoms with Crippen molar-refractivity contribution in [2.75, 3.05) is 13.7 Å². The van der Waals surface area contributed by atoms with Crippen molar-refractivity contribution >= 4 is 11.8 Å². The van der Waals surface area contributed by atoms with Gasteiger partial charge < -0.3 is 4.74 Å². The van der Waals surface area contributed by atoms with Crippen LogP contribution in [0.1, 0.15) is 32.3 Å². The molecule has 104 valence electrons. The average Bonchev–Trinajstić information content (AvgIpc) is 2.47. The summed E-state index contributed by atoms with van der Waals surface area (Å²) in [5, 5.41) is 0. The molecule has 0 aliphatic rings. The lowest BCUT2D eigenvalue weighted by molar-refractivity contribution is -0.144. The number of amides is 2. The zero-order chi connectivity index (χ0) is 14.3. The molecular formula is C14H20N2O3. The van der Waals surface area contributed by atoms with Crippen molar-refractivity contribution in [3.8, 4) is 5.88 Å². The van der Waals surface area contributed by atoms with E-state index in [4.69, 9.17) is 4.74 Å². The number of methoxy groups -OCH3 is 1. The van der Waals surface area contributed by atoms with Crippen LogP contribution in [0.15, 0.2) is 18.3 Å². The minimum Gasteiger partial charge on any atom is -0.481 e. The molecule has 1 aromatic heterocycles. The highest BCUT2D eigenvalue weighted by Crippen LogP contribution is 2.08. The van der Waals surface area contributed by atoms with Crippen molar-refractivity contribution in [1.82, 2.24) is 9.88 Å². The molecule has 0 radical (unpaired) electrons. The number of nitrogens with zero attached hydrogens (tertiary/aromatic N) is 2. The van der Waals surface area contributed by atoms with Gasteiger partial charge in [-0.15, -0.1) is 0 Å². The van der Waals surface area contributed by atoms with Gasteiger partial charge in [0.2, 0.25) is 17.7 Å². The number of hydrogen-bond acceptors (Lipinski definition) is 4. The van der Waals surface area contributed by atoms with Gasteiger partial charge in [-0.1, -0.05) is 19.9 Å². The number of aromatic nitrogens is 1. The lowest BCUT2D eigenvalue weighted by atomic mass is 10.2. The van der Waals surface area contributed by atoms with Gasteiger partial charge in [-0.3, -0.25) is 14.5 Å². The molecule has 0 bridgehead atoms. The molecule has 0 saturated heterocycles. The second-order valence-electron chi connectivity index (χ2n) is 4.11. The molecule has 0 atom stereocenters. The molecule has 0 aromatic carbocycles. The van der Waals surface area contributed by atoms with Crippen LogP contribution in [0.2, 0.25) is 0 Å². The molecule has 5 heteroatoms. The van der Waals surface area contributed by atoms with E-state index in [2.05, 4.69) is 4.98 Å². The van der Waals surface area contributed by atoms with Crippen LogP contribution in [0.25, 0.3) is 0 Å². The number of hydrogen-bond donors (Lipinski definition) is 0. The smallest absolute Gasteiger partial charge is 0.228 e. The van der Waals surface area contributed by atoms with E-state index < -0.39 is 0 Å².